The van der Waals surface area contributed by atoms with Crippen molar-refractivity contribution in [3.8, 4) is 5.75 Å². The molecular formula is C17H15Br2NO2. The summed E-state index contributed by atoms with van der Waals surface area (Å²) in [5.74, 6) is 1.44. The van der Waals surface area contributed by atoms with Crippen LogP contribution in [0, 0.1) is 0 Å². The Balaban J connectivity index is 2.08. The first kappa shape index (κ1) is 15.6. The summed E-state index contributed by atoms with van der Waals surface area (Å²) in [7, 11) is 1.65. The summed E-state index contributed by atoms with van der Waals surface area (Å²) in [5.41, 5.74) is 2.47. The van der Waals surface area contributed by atoms with E-state index in [0.29, 0.717) is 11.2 Å². The van der Waals surface area contributed by atoms with Crippen molar-refractivity contribution in [2.45, 2.75) is 12.5 Å². The molecule has 0 N–H and O–H groups in total. The van der Waals surface area contributed by atoms with Gasteiger partial charge in [0, 0.05) is 20.9 Å². The smallest absolute Gasteiger partial charge is 0.222 e. The fourth-order valence-corrected chi connectivity index (χ4v) is 3.16. The molecule has 1 aliphatic rings. The Bertz CT molecular complexity index is 728. The Morgan fingerprint density at radius 3 is 2.55 bits per heavy atom. The van der Waals surface area contributed by atoms with E-state index in [0.717, 1.165) is 27.0 Å². The quantitative estimate of drug-likeness (QED) is 0.635. The van der Waals surface area contributed by atoms with Crippen LogP contribution in [0.2, 0.25) is 0 Å². The van der Waals surface area contributed by atoms with E-state index in [9.17, 15) is 0 Å². The number of methoxy groups -OCH3 is 1. The van der Waals surface area contributed by atoms with Crippen LogP contribution >= 0.6 is 31.9 Å². The number of benzene rings is 2. The number of aliphatic imine (C=N–C) groups is 1. The zero-order chi connectivity index (χ0) is 15.7. The van der Waals surface area contributed by atoms with Crippen LogP contribution < -0.4 is 4.74 Å². The maximum Gasteiger partial charge on any atom is 0.222 e. The molecule has 114 valence electrons. The molecule has 0 aromatic heterocycles. The lowest BCUT2D eigenvalue weighted by molar-refractivity contribution is 0.0979. The van der Waals surface area contributed by atoms with Gasteiger partial charge in [0.25, 0.3) is 0 Å². The second-order valence-corrected chi connectivity index (χ2v) is 6.75. The molecule has 2 aromatic carbocycles. The third-order valence-corrected chi connectivity index (χ3v) is 5.23. The van der Waals surface area contributed by atoms with Crippen LogP contribution in [0.4, 0.5) is 5.69 Å². The molecule has 2 aromatic rings. The van der Waals surface area contributed by atoms with Gasteiger partial charge in [-0.3, -0.25) is 0 Å². The molecule has 1 aliphatic heterocycles. The fourth-order valence-electron chi connectivity index (χ4n) is 2.39. The van der Waals surface area contributed by atoms with Crippen molar-refractivity contribution < 1.29 is 9.47 Å². The highest BCUT2D eigenvalue weighted by Crippen LogP contribution is 2.41. The lowest BCUT2D eigenvalue weighted by atomic mass is 9.94. The second kappa shape index (κ2) is 6.05. The van der Waals surface area contributed by atoms with Gasteiger partial charge < -0.3 is 9.47 Å². The van der Waals surface area contributed by atoms with Gasteiger partial charge in [0.1, 0.15) is 11.4 Å². The van der Waals surface area contributed by atoms with Gasteiger partial charge >= 0.3 is 0 Å². The molecule has 1 atom stereocenters. The maximum atomic E-state index is 6.21. The van der Waals surface area contributed by atoms with Crippen LogP contribution in [0.3, 0.4) is 0 Å². The molecule has 1 unspecified atom stereocenters. The normalized spacial score (nSPS) is 19.9. The van der Waals surface area contributed by atoms with Crippen LogP contribution in [0.15, 0.2) is 51.9 Å². The molecule has 22 heavy (non-hydrogen) atoms. The Kier molecular flexibility index (Phi) is 4.28. The standard InChI is InChI=1S/C17H15Br2NO2/c1-17(10-18)14-9-12(19)5-8-15(14)20-16(22-17)11-3-6-13(21-2)7-4-11/h3-9H,10H2,1-2H3. The topological polar surface area (TPSA) is 30.8 Å². The van der Waals surface area contributed by atoms with E-state index in [2.05, 4.69) is 49.8 Å². The van der Waals surface area contributed by atoms with Crippen molar-refractivity contribution in [1.29, 1.82) is 0 Å². The largest absolute Gasteiger partial charge is 0.497 e. The monoisotopic (exact) mass is 423 g/mol. The SMILES string of the molecule is COc1ccc(C2=Nc3ccc(Br)cc3C(C)(CBr)O2)cc1. The Hall–Kier alpha value is -1.33. The average Bonchev–Trinajstić information content (AvgIpc) is 2.55. The average molecular weight is 425 g/mol. The number of nitrogens with zero attached hydrogens (tertiary/aromatic N) is 1. The summed E-state index contributed by atoms with van der Waals surface area (Å²) in [6.07, 6.45) is 0. The first-order valence-electron chi connectivity index (χ1n) is 6.84. The van der Waals surface area contributed by atoms with E-state index in [4.69, 9.17) is 9.47 Å². The summed E-state index contributed by atoms with van der Waals surface area (Å²) < 4.78 is 12.4. The van der Waals surface area contributed by atoms with Crippen LogP contribution in [0.25, 0.3) is 0 Å². The zero-order valence-electron chi connectivity index (χ0n) is 12.3. The summed E-state index contributed by atoms with van der Waals surface area (Å²) in [5, 5.41) is 0.679. The van der Waals surface area contributed by atoms with Gasteiger partial charge in [-0.2, -0.15) is 0 Å². The van der Waals surface area contributed by atoms with E-state index in [-0.39, 0.29) is 0 Å². The fraction of sp³-hybridized carbons (Fsp3) is 0.235. The molecule has 0 saturated carbocycles. The minimum absolute atomic E-state index is 0.462. The Morgan fingerprint density at radius 2 is 1.91 bits per heavy atom. The lowest BCUT2D eigenvalue weighted by Crippen LogP contribution is -2.34. The van der Waals surface area contributed by atoms with Crippen molar-refractivity contribution in [1.82, 2.24) is 0 Å². The molecule has 0 spiro atoms. The van der Waals surface area contributed by atoms with Crippen molar-refractivity contribution in [2.24, 2.45) is 4.99 Å². The van der Waals surface area contributed by atoms with E-state index < -0.39 is 5.60 Å². The summed E-state index contributed by atoms with van der Waals surface area (Å²) in [4.78, 5) is 4.67. The highest BCUT2D eigenvalue weighted by molar-refractivity contribution is 9.10. The Morgan fingerprint density at radius 1 is 1.18 bits per heavy atom. The molecule has 3 nitrogen and oxygen atoms in total. The van der Waals surface area contributed by atoms with Crippen LogP contribution in [-0.4, -0.2) is 18.3 Å². The molecule has 3 rings (SSSR count). The molecule has 0 radical (unpaired) electrons. The van der Waals surface area contributed by atoms with E-state index in [1.165, 1.54) is 0 Å². The molecular weight excluding hydrogens is 410 g/mol. The second-order valence-electron chi connectivity index (χ2n) is 5.27. The van der Waals surface area contributed by atoms with Crippen molar-refractivity contribution in [3.05, 3.63) is 58.1 Å². The summed E-state index contributed by atoms with van der Waals surface area (Å²) >= 11 is 7.08. The number of hydrogen-bond donors (Lipinski definition) is 0. The highest BCUT2D eigenvalue weighted by Gasteiger charge is 2.35. The Labute approximate surface area is 146 Å². The first-order chi connectivity index (χ1) is 10.6. The molecule has 1 heterocycles. The number of ether oxygens (including phenoxy) is 2. The number of alkyl halides is 1. The maximum absolute atomic E-state index is 6.21. The van der Waals surface area contributed by atoms with Crippen molar-refractivity contribution in [2.75, 3.05) is 12.4 Å². The van der Waals surface area contributed by atoms with Gasteiger partial charge in [-0.25, -0.2) is 4.99 Å². The third-order valence-electron chi connectivity index (χ3n) is 3.66. The van der Waals surface area contributed by atoms with E-state index in [1.54, 1.807) is 7.11 Å². The number of rotatable bonds is 3. The number of fused-ring (bicyclic) bond motifs is 1. The minimum atomic E-state index is -0.462. The molecule has 0 bridgehead atoms. The highest BCUT2D eigenvalue weighted by atomic mass is 79.9. The summed E-state index contributed by atoms with van der Waals surface area (Å²) in [6, 6.07) is 13.8. The molecule has 0 aliphatic carbocycles. The van der Waals surface area contributed by atoms with E-state index >= 15 is 0 Å². The van der Waals surface area contributed by atoms with Gasteiger partial charge in [-0.15, -0.1) is 0 Å². The number of halogens is 2. The molecule has 0 fully saturated rings. The van der Waals surface area contributed by atoms with Gasteiger partial charge in [0.2, 0.25) is 5.90 Å². The van der Waals surface area contributed by atoms with Crippen molar-refractivity contribution in [3.63, 3.8) is 0 Å². The molecule has 5 heteroatoms. The van der Waals surface area contributed by atoms with Crippen LogP contribution in [-0.2, 0) is 10.3 Å². The molecule has 0 saturated heterocycles. The number of hydrogen-bond acceptors (Lipinski definition) is 3. The van der Waals surface area contributed by atoms with Crippen molar-refractivity contribution >= 4 is 43.4 Å². The van der Waals surface area contributed by atoms with Gasteiger partial charge in [0.05, 0.1) is 12.8 Å². The minimum Gasteiger partial charge on any atom is -0.497 e. The first-order valence-corrected chi connectivity index (χ1v) is 8.75. The zero-order valence-corrected chi connectivity index (χ0v) is 15.4. The third kappa shape index (κ3) is 2.79. The van der Waals surface area contributed by atoms with Crippen LogP contribution in [0.5, 0.6) is 5.75 Å². The van der Waals surface area contributed by atoms with Gasteiger partial charge in [-0.1, -0.05) is 31.9 Å². The lowest BCUT2D eigenvalue weighted by Gasteiger charge is -2.34. The van der Waals surface area contributed by atoms with Gasteiger partial charge in [-0.05, 0) is 49.4 Å². The predicted molar refractivity (Wildman–Crippen MR) is 95.6 cm³/mol. The van der Waals surface area contributed by atoms with Crippen LogP contribution in [0.1, 0.15) is 18.1 Å². The van der Waals surface area contributed by atoms with Gasteiger partial charge in [0.15, 0.2) is 0 Å². The predicted octanol–water partition coefficient (Wildman–Crippen LogP) is 5.18. The van der Waals surface area contributed by atoms with E-state index in [1.807, 2.05) is 36.4 Å². The molecule has 0 amide bonds. The summed E-state index contributed by atoms with van der Waals surface area (Å²) in [6.45, 7) is 2.06.